The Morgan fingerprint density at radius 3 is 2.36 bits per heavy atom. The van der Waals surface area contributed by atoms with E-state index in [2.05, 4.69) is 0 Å². The number of likely N-dealkylation sites (tertiary alicyclic amines) is 1. The average Bonchev–Trinajstić information content (AvgIpc) is 2.99. The molecule has 1 spiro atoms. The maximum atomic E-state index is 13.1. The van der Waals surface area contributed by atoms with Gasteiger partial charge >= 0.3 is 5.97 Å². The summed E-state index contributed by atoms with van der Waals surface area (Å²) in [5.74, 6) is -1.14. The van der Waals surface area contributed by atoms with Crippen LogP contribution in [0.1, 0.15) is 24.4 Å². The van der Waals surface area contributed by atoms with Crippen molar-refractivity contribution in [2.24, 2.45) is 0 Å². The Labute approximate surface area is 128 Å². The highest BCUT2D eigenvalue weighted by molar-refractivity contribution is 5.77. The number of rotatable bonds is 3. The van der Waals surface area contributed by atoms with Gasteiger partial charge < -0.3 is 14.2 Å². The lowest BCUT2D eigenvalue weighted by molar-refractivity contribution is -0.191. The summed E-state index contributed by atoms with van der Waals surface area (Å²) < 4.78 is 29.4. The monoisotopic (exact) mass is 309 g/mol. The second kappa shape index (κ2) is 6.32. The van der Waals surface area contributed by atoms with Gasteiger partial charge in [-0.15, -0.1) is 0 Å². The van der Waals surface area contributed by atoms with Crippen molar-refractivity contribution >= 4 is 5.97 Å². The summed E-state index contributed by atoms with van der Waals surface area (Å²) in [6, 6.07) is 5.46. The van der Waals surface area contributed by atoms with Crippen molar-refractivity contribution in [2.45, 2.75) is 24.7 Å². The molecule has 2 saturated heterocycles. The third-order valence-electron chi connectivity index (χ3n) is 4.35. The maximum Gasteiger partial charge on any atom is 0.327 e. The lowest BCUT2D eigenvalue weighted by Gasteiger charge is -2.40. The molecule has 0 amide bonds. The van der Waals surface area contributed by atoms with Gasteiger partial charge in [0.15, 0.2) is 5.79 Å². The molecule has 22 heavy (non-hydrogen) atoms. The normalized spacial score (nSPS) is 22.6. The van der Waals surface area contributed by atoms with E-state index in [1.807, 2.05) is 4.90 Å². The first kappa shape index (κ1) is 15.4. The molecule has 6 heteroatoms. The minimum Gasteiger partial charge on any atom is -0.468 e. The van der Waals surface area contributed by atoms with Crippen LogP contribution < -0.4 is 0 Å². The largest absolute Gasteiger partial charge is 0.468 e. The minimum atomic E-state index is -0.524. The van der Waals surface area contributed by atoms with Gasteiger partial charge in [0.2, 0.25) is 0 Å². The number of hydrogen-bond acceptors (Lipinski definition) is 5. The summed E-state index contributed by atoms with van der Waals surface area (Å²) in [5.41, 5.74) is 0.734. The topological polar surface area (TPSA) is 48.0 Å². The summed E-state index contributed by atoms with van der Waals surface area (Å²) in [6.45, 7) is 2.57. The Kier molecular flexibility index (Phi) is 4.42. The Morgan fingerprint density at radius 1 is 1.23 bits per heavy atom. The smallest absolute Gasteiger partial charge is 0.327 e. The van der Waals surface area contributed by atoms with Crippen LogP contribution in [-0.4, -0.2) is 50.1 Å². The van der Waals surface area contributed by atoms with Crippen molar-refractivity contribution in [1.82, 2.24) is 4.90 Å². The van der Waals surface area contributed by atoms with Crippen molar-refractivity contribution in [3.8, 4) is 0 Å². The molecule has 120 valence electrons. The number of hydrogen-bond donors (Lipinski definition) is 0. The quantitative estimate of drug-likeness (QED) is 0.798. The highest BCUT2D eigenvalue weighted by atomic mass is 19.1. The fourth-order valence-corrected chi connectivity index (χ4v) is 3.16. The fourth-order valence-electron chi connectivity index (χ4n) is 3.16. The molecule has 5 nitrogen and oxygen atoms in total. The van der Waals surface area contributed by atoms with Crippen LogP contribution in [0, 0.1) is 5.82 Å². The summed E-state index contributed by atoms with van der Waals surface area (Å²) >= 11 is 0. The van der Waals surface area contributed by atoms with Gasteiger partial charge in [0, 0.05) is 25.9 Å². The molecule has 1 unspecified atom stereocenters. The van der Waals surface area contributed by atoms with Crippen LogP contribution in [0.2, 0.25) is 0 Å². The molecule has 0 aliphatic carbocycles. The predicted molar refractivity (Wildman–Crippen MR) is 76.6 cm³/mol. The number of methoxy groups -OCH3 is 1. The van der Waals surface area contributed by atoms with Gasteiger partial charge in [0.1, 0.15) is 11.9 Å². The number of nitrogens with zero attached hydrogens (tertiary/aromatic N) is 1. The Bertz CT molecular complexity index is 517. The number of ether oxygens (including phenoxy) is 3. The number of carbonyl (C=O) groups excluding carboxylic acids is 1. The molecule has 0 aromatic heterocycles. The summed E-state index contributed by atoms with van der Waals surface area (Å²) in [4.78, 5) is 14.2. The predicted octanol–water partition coefficient (Wildman–Crippen LogP) is 1.88. The van der Waals surface area contributed by atoms with E-state index < -0.39 is 11.8 Å². The molecule has 0 radical (unpaired) electrons. The summed E-state index contributed by atoms with van der Waals surface area (Å²) in [5, 5.41) is 0. The number of piperidine rings is 1. The number of benzene rings is 1. The average molecular weight is 309 g/mol. The third kappa shape index (κ3) is 2.99. The molecule has 1 aromatic carbocycles. The van der Waals surface area contributed by atoms with E-state index in [4.69, 9.17) is 14.2 Å². The van der Waals surface area contributed by atoms with Crippen molar-refractivity contribution in [1.29, 1.82) is 0 Å². The van der Waals surface area contributed by atoms with Crippen LogP contribution >= 0.6 is 0 Å². The lowest BCUT2D eigenvalue weighted by Crippen LogP contribution is -2.48. The van der Waals surface area contributed by atoms with Crippen LogP contribution in [-0.2, 0) is 19.0 Å². The zero-order valence-corrected chi connectivity index (χ0v) is 12.6. The summed E-state index contributed by atoms with van der Waals surface area (Å²) in [7, 11) is 1.37. The second-order valence-electron chi connectivity index (χ2n) is 5.62. The molecule has 2 aliphatic heterocycles. The minimum absolute atomic E-state index is 0.322. The van der Waals surface area contributed by atoms with E-state index >= 15 is 0 Å². The SMILES string of the molecule is COC(=O)C(c1ccc(F)cc1)N1CCC2(CC1)OCCO2. The first-order valence-corrected chi connectivity index (χ1v) is 7.49. The molecule has 3 rings (SSSR count). The van der Waals surface area contributed by atoms with Crippen molar-refractivity contribution < 1.29 is 23.4 Å². The molecule has 0 bridgehead atoms. The molecule has 1 atom stereocenters. The van der Waals surface area contributed by atoms with Crippen molar-refractivity contribution in [3.05, 3.63) is 35.6 Å². The first-order chi connectivity index (χ1) is 10.6. The Balaban J connectivity index is 1.76. The first-order valence-electron chi connectivity index (χ1n) is 7.49. The number of esters is 1. The van der Waals surface area contributed by atoms with Gasteiger partial charge in [-0.3, -0.25) is 4.90 Å². The molecule has 2 aliphatic rings. The van der Waals surface area contributed by atoms with Crippen LogP contribution in [0.5, 0.6) is 0 Å². The summed E-state index contributed by atoms with van der Waals surface area (Å²) in [6.07, 6.45) is 1.42. The Hall–Kier alpha value is -1.50. The molecular weight excluding hydrogens is 289 g/mol. The van der Waals surface area contributed by atoms with Crippen LogP contribution in [0.4, 0.5) is 4.39 Å². The van der Waals surface area contributed by atoms with Crippen LogP contribution in [0.3, 0.4) is 0 Å². The Morgan fingerprint density at radius 2 is 1.82 bits per heavy atom. The van der Waals surface area contributed by atoms with Crippen molar-refractivity contribution in [2.75, 3.05) is 33.4 Å². The van der Waals surface area contributed by atoms with E-state index in [1.165, 1.54) is 19.2 Å². The van der Waals surface area contributed by atoms with Crippen LogP contribution in [0.15, 0.2) is 24.3 Å². The molecule has 2 heterocycles. The standard InChI is InChI=1S/C16H20FNO4/c1-20-15(19)14(12-2-4-13(17)5-3-12)18-8-6-16(7-9-18)21-10-11-22-16/h2-5,14H,6-11H2,1H3. The van der Waals surface area contributed by atoms with Gasteiger partial charge in [-0.25, -0.2) is 9.18 Å². The van der Waals surface area contributed by atoms with E-state index in [9.17, 15) is 9.18 Å². The van der Waals surface area contributed by atoms with Gasteiger partial charge in [0.25, 0.3) is 0 Å². The zero-order chi connectivity index (χ0) is 15.6. The molecular formula is C16H20FNO4. The maximum absolute atomic E-state index is 13.1. The molecule has 0 saturated carbocycles. The highest BCUT2D eigenvalue weighted by Gasteiger charge is 2.42. The number of carbonyl (C=O) groups is 1. The molecule has 0 N–H and O–H groups in total. The number of halogens is 1. The second-order valence-corrected chi connectivity index (χ2v) is 5.62. The third-order valence-corrected chi connectivity index (χ3v) is 4.35. The van der Waals surface area contributed by atoms with Gasteiger partial charge in [-0.05, 0) is 17.7 Å². The van der Waals surface area contributed by atoms with E-state index in [0.717, 1.165) is 5.56 Å². The van der Waals surface area contributed by atoms with Crippen LogP contribution in [0.25, 0.3) is 0 Å². The fraction of sp³-hybridized carbons (Fsp3) is 0.562. The zero-order valence-electron chi connectivity index (χ0n) is 12.6. The highest BCUT2D eigenvalue weighted by Crippen LogP contribution is 2.35. The molecule has 1 aromatic rings. The van der Waals surface area contributed by atoms with E-state index in [-0.39, 0.29) is 11.8 Å². The molecule has 2 fully saturated rings. The van der Waals surface area contributed by atoms with Gasteiger partial charge in [-0.2, -0.15) is 0 Å². The van der Waals surface area contributed by atoms with E-state index in [0.29, 0.717) is 39.1 Å². The van der Waals surface area contributed by atoms with Gasteiger partial charge in [-0.1, -0.05) is 12.1 Å². The van der Waals surface area contributed by atoms with E-state index in [1.54, 1.807) is 12.1 Å². The lowest BCUT2D eigenvalue weighted by atomic mass is 9.98. The van der Waals surface area contributed by atoms with Gasteiger partial charge in [0.05, 0.1) is 20.3 Å². The van der Waals surface area contributed by atoms with Crippen molar-refractivity contribution in [3.63, 3.8) is 0 Å².